The van der Waals surface area contributed by atoms with Gasteiger partial charge in [-0.25, -0.2) is 0 Å². The van der Waals surface area contributed by atoms with Gasteiger partial charge in [0, 0.05) is 16.4 Å². The van der Waals surface area contributed by atoms with Gasteiger partial charge in [0.25, 0.3) is 0 Å². The van der Waals surface area contributed by atoms with Crippen LogP contribution >= 0.6 is 0 Å². The van der Waals surface area contributed by atoms with Crippen LogP contribution in [0.25, 0.3) is 22.6 Å². The van der Waals surface area contributed by atoms with E-state index in [2.05, 4.69) is 10.4 Å². The molecule has 3 aromatic rings. The summed E-state index contributed by atoms with van der Waals surface area (Å²) in [6.07, 6.45) is 0. The Labute approximate surface area is 122 Å². The number of hydrogen-bond donors (Lipinski definition) is 0. The second-order valence-corrected chi connectivity index (χ2v) is 4.41. The summed E-state index contributed by atoms with van der Waals surface area (Å²) in [7, 11) is 3.27. The molecule has 1 aromatic heterocycles. The molecule has 0 spiro atoms. The van der Waals surface area contributed by atoms with E-state index in [0.29, 0.717) is 11.5 Å². The molecule has 0 saturated carbocycles. The fourth-order valence-electron chi connectivity index (χ4n) is 2.06. The number of aromatic nitrogens is 2. The summed E-state index contributed by atoms with van der Waals surface area (Å²) in [5.41, 5.74) is 2.51. The predicted octanol–water partition coefficient (Wildman–Crippen LogP) is 3.42. The van der Waals surface area contributed by atoms with Crippen molar-refractivity contribution in [2.24, 2.45) is 0 Å². The smallest absolute Gasteiger partial charge is 0.195 e. The zero-order valence-corrected chi connectivity index (χ0v) is 11.7. The Kier molecular flexibility index (Phi) is 3.55. The van der Waals surface area contributed by atoms with Crippen LogP contribution in [-0.4, -0.2) is 24.6 Å². The predicted molar refractivity (Wildman–Crippen MR) is 78.3 cm³/mol. The summed E-state index contributed by atoms with van der Waals surface area (Å²) in [6.45, 7) is 0. The summed E-state index contributed by atoms with van der Waals surface area (Å²) in [5.74, 6) is 2.21. The molecule has 0 amide bonds. The van der Waals surface area contributed by atoms with Crippen LogP contribution in [-0.2, 0) is 0 Å². The van der Waals surface area contributed by atoms with Gasteiger partial charge in [0.2, 0.25) is 0 Å². The number of methoxy groups -OCH3 is 2. The van der Waals surface area contributed by atoms with Crippen LogP contribution in [0.4, 0.5) is 0 Å². The average molecular weight is 282 g/mol. The first kappa shape index (κ1) is 13.2. The number of hydrogen-bond acceptors (Lipinski definition) is 5. The third-order valence-corrected chi connectivity index (χ3v) is 3.20. The quantitative estimate of drug-likeness (QED) is 0.733. The molecule has 0 unspecified atom stereocenters. The number of benzene rings is 2. The highest BCUT2D eigenvalue weighted by Gasteiger charge is 2.14. The lowest BCUT2D eigenvalue weighted by atomic mass is 10.1. The zero-order chi connectivity index (χ0) is 14.7. The normalized spacial score (nSPS) is 10.4. The Morgan fingerprint density at radius 1 is 0.762 bits per heavy atom. The summed E-state index contributed by atoms with van der Waals surface area (Å²) in [6, 6.07) is 15.2. The monoisotopic (exact) mass is 282 g/mol. The highest BCUT2D eigenvalue weighted by atomic mass is 16.5. The average Bonchev–Trinajstić information content (AvgIpc) is 3.04. The van der Waals surface area contributed by atoms with Gasteiger partial charge in [-0.1, -0.05) is 0 Å². The maximum absolute atomic E-state index is 5.30. The van der Waals surface area contributed by atoms with Crippen LogP contribution in [0.3, 0.4) is 0 Å². The van der Waals surface area contributed by atoms with Gasteiger partial charge in [0.15, 0.2) is 5.76 Å². The first-order valence-corrected chi connectivity index (χ1v) is 6.43. The number of nitrogens with zero attached hydrogens (tertiary/aromatic N) is 2. The molecule has 1 heterocycles. The van der Waals surface area contributed by atoms with E-state index in [-0.39, 0.29) is 0 Å². The lowest BCUT2D eigenvalue weighted by Crippen LogP contribution is -1.86. The summed E-state index contributed by atoms with van der Waals surface area (Å²) < 4.78 is 15.6. The van der Waals surface area contributed by atoms with Crippen molar-refractivity contribution in [3.63, 3.8) is 0 Å². The van der Waals surface area contributed by atoms with Gasteiger partial charge in [-0.3, -0.25) is 0 Å². The van der Waals surface area contributed by atoms with Crippen molar-refractivity contribution in [2.45, 2.75) is 0 Å². The van der Waals surface area contributed by atoms with Crippen molar-refractivity contribution in [1.82, 2.24) is 10.4 Å². The molecule has 0 aliphatic carbocycles. The fourth-order valence-corrected chi connectivity index (χ4v) is 2.06. The van der Waals surface area contributed by atoms with Crippen LogP contribution < -0.4 is 9.47 Å². The molecule has 0 aliphatic heterocycles. The van der Waals surface area contributed by atoms with Crippen molar-refractivity contribution in [3.05, 3.63) is 48.5 Å². The topological polar surface area (TPSA) is 57.4 Å². The third-order valence-electron chi connectivity index (χ3n) is 3.20. The molecule has 5 nitrogen and oxygen atoms in total. The lowest BCUT2D eigenvalue weighted by molar-refractivity contribution is 0.403. The van der Waals surface area contributed by atoms with Gasteiger partial charge in [-0.05, 0) is 48.5 Å². The molecule has 0 radical (unpaired) electrons. The molecule has 0 atom stereocenters. The Morgan fingerprint density at radius 3 is 1.81 bits per heavy atom. The first-order chi connectivity index (χ1) is 10.3. The van der Waals surface area contributed by atoms with E-state index in [1.807, 2.05) is 48.5 Å². The van der Waals surface area contributed by atoms with Gasteiger partial charge < -0.3 is 14.0 Å². The van der Waals surface area contributed by atoms with Crippen LogP contribution in [0.2, 0.25) is 0 Å². The lowest BCUT2D eigenvalue weighted by Gasteiger charge is -2.03. The second kappa shape index (κ2) is 5.66. The molecule has 21 heavy (non-hydrogen) atoms. The molecule has 0 saturated heterocycles. The molecular formula is C16H14N2O3. The highest BCUT2D eigenvalue weighted by Crippen LogP contribution is 2.31. The second-order valence-electron chi connectivity index (χ2n) is 4.41. The highest BCUT2D eigenvalue weighted by molar-refractivity contribution is 5.76. The molecule has 2 aromatic carbocycles. The molecular weight excluding hydrogens is 268 g/mol. The minimum absolute atomic E-state index is 0.628. The van der Waals surface area contributed by atoms with Gasteiger partial charge >= 0.3 is 0 Å². The SMILES string of the molecule is COc1ccc(-c2nnoc2-c2ccc(OC)cc2)cc1. The fraction of sp³-hybridized carbons (Fsp3) is 0.125. The van der Waals surface area contributed by atoms with E-state index >= 15 is 0 Å². The summed E-state index contributed by atoms with van der Waals surface area (Å²) in [5, 5.41) is 7.74. The first-order valence-electron chi connectivity index (χ1n) is 6.43. The van der Waals surface area contributed by atoms with Crippen molar-refractivity contribution >= 4 is 0 Å². The maximum atomic E-state index is 5.30. The summed E-state index contributed by atoms with van der Waals surface area (Å²) in [4.78, 5) is 0. The third kappa shape index (κ3) is 2.58. The van der Waals surface area contributed by atoms with E-state index in [9.17, 15) is 0 Å². The van der Waals surface area contributed by atoms with Gasteiger partial charge in [0.05, 0.1) is 14.2 Å². The molecule has 106 valence electrons. The minimum Gasteiger partial charge on any atom is -0.497 e. The largest absolute Gasteiger partial charge is 0.497 e. The van der Waals surface area contributed by atoms with E-state index in [1.165, 1.54) is 0 Å². The van der Waals surface area contributed by atoms with Crippen molar-refractivity contribution in [2.75, 3.05) is 14.2 Å². The van der Waals surface area contributed by atoms with E-state index in [0.717, 1.165) is 22.6 Å². The van der Waals surface area contributed by atoms with Crippen LogP contribution in [0.1, 0.15) is 0 Å². The zero-order valence-electron chi connectivity index (χ0n) is 11.7. The van der Waals surface area contributed by atoms with E-state index in [4.69, 9.17) is 14.0 Å². The van der Waals surface area contributed by atoms with Crippen molar-refractivity contribution < 1.29 is 14.0 Å². The number of rotatable bonds is 4. The van der Waals surface area contributed by atoms with Gasteiger partial charge in [-0.15, -0.1) is 5.10 Å². The number of ether oxygens (including phenoxy) is 2. The summed E-state index contributed by atoms with van der Waals surface area (Å²) >= 11 is 0. The van der Waals surface area contributed by atoms with Crippen LogP contribution in [0.5, 0.6) is 11.5 Å². The molecule has 0 fully saturated rings. The Bertz CT molecular complexity index is 656. The van der Waals surface area contributed by atoms with Crippen LogP contribution in [0.15, 0.2) is 53.1 Å². The van der Waals surface area contributed by atoms with Crippen LogP contribution in [0, 0.1) is 0 Å². The Hall–Kier alpha value is -2.82. The van der Waals surface area contributed by atoms with E-state index < -0.39 is 0 Å². The Morgan fingerprint density at radius 2 is 1.29 bits per heavy atom. The molecule has 5 heteroatoms. The molecule has 0 N–H and O–H groups in total. The van der Waals surface area contributed by atoms with Crippen molar-refractivity contribution in [1.29, 1.82) is 0 Å². The van der Waals surface area contributed by atoms with Gasteiger partial charge in [0.1, 0.15) is 17.2 Å². The molecule has 0 aliphatic rings. The van der Waals surface area contributed by atoms with Crippen molar-refractivity contribution in [3.8, 4) is 34.1 Å². The standard InChI is InChI=1S/C16H14N2O3/c1-19-13-7-3-11(4-8-13)15-16(21-18-17-15)12-5-9-14(20-2)10-6-12/h3-10H,1-2H3. The van der Waals surface area contributed by atoms with Gasteiger partial charge in [-0.2, -0.15) is 0 Å². The maximum Gasteiger partial charge on any atom is 0.195 e. The minimum atomic E-state index is 0.628. The molecule has 3 rings (SSSR count). The molecule has 0 bridgehead atoms. The Balaban J connectivity index is 1.99. The van der Waals surface area contributed by atoms with E-state index in [1.54, 1.807) is 14.2 Å².